The topological polar surface area (TPSA) is 64.4 Å². The lowest BCUT2D eigenvalue weighted by atomic mass is 10.1. The summed E-state index contributed by atoms with van der Waals surface area (Å²) < 4.78 is 0. The highest BCUT2D eigenvalue weighted by Gasteiger charge is 2.21. The van der Waals surface area contributed by atoms with E-state index in [1.165, 1.54) is 0 Å². The standard InChI is InChI=1S/C13H21N3O2/c1-11(2)10-13(18)16-7-3-6-15(8-9-16)12(17)4-5-14/h11H,3-4,6-10H2,1-2H3. The molecular formula is C13H21N3O2. The van der Waals surface area contributed by atoms with Gasteiger partial charge in [-0.1, -0.05) is 13.8 Å². The highest BCUT2D eigenvalue weighted by atomic mass is 16.2. The van der Waals surface area contributed by atoms with Crippen molar-refractivity contribution in [2.24, 2.45) is 5.92 Å². The van der Waals surface area contributed by atoms with E-state index in [2.05, 4.69) is 0 Å². The molecule has 5 nitrogen and oxygen atoms in total. The third kappa shape index (κ3) is 4.36. The zero-order valence-electron chi connectivity index (χ0n) is 11.2. The van der Waals surface area contributed by atoms with Crippen LogP contribution in [-0.4, -0.2) is 47.8 Å². The van der Waals surface area contributed by atoms with Gasteiger partial charge in [0.25, 0.3) is 0 Å². The summed E-state index contributed by atoms with van der Waals surface area (Å²) in [6.45, 7) is 6.54. The molecule has 1 saturated heterocycles. The van der Waals surface area contributed by atoms with E-state index in [1.807, 2.05) is 24.8 Å². The zero-order valence-corrected chi connectivity index (χ0v) is 11.2. The molecule has 1 fully saturated rings. The predicted octanol–water partition coefficient (Wildman–Crippen LogP) is 1.01. The first-order chi connectivity index (χ1) is 8.54. The van der Waals surface area contributed by atoms with E-state index in [1.54, 1.807) is 4.90 Å². The maximum Gasteiger partial charge on any atom is 0.236 e. The van der Waals surface area contributed by atoms with E-state index in [0.29, 0.717) is 38.5 Å². The van der Waals surface area contributed by atoms with Crippen molar-refractivity contribution in [2.45, 2.75) is 33.1 Å². The molecule has 5 heteroatoms. The molecule has 0 atom stereocenters. The number of hydrogen-bond acceptors (Lipinski definition) is 3. The maximum atomic E-state index is 11.9. The molecule has 1 rings (SSSR count). The van der Waals surface area contributed by atoms with Crippen LogP contribution in [0.4, 0.5) is 0 Å². The molecule has 1 aliphatic heterocycles. The number of nitrogens with zero attached hydrogens (tertiary/aromatic N) is 3. The van der Waals surface area contributed by atoms with Crippen LogP contribution in [0.1, 0.15) is 33.1 Å². The van der Waals surface area contributed by atoms with Gasteiger partial charge in [-0.15, -0.1) is 0 Å². The number of nitriles is 1. The number of amides is 2. The lowest BCUT2D eigenvalue weighted by Gasteiger charge is -2.22. The molecule has 0 unspecified atom stereocenters. The Bertz CT molecular complexity index is 347. The first kappa shape index (κ1) is 14.5. The van der Waals surface area contributed by atoms with Crippen molar-refractivity contribution in [3.63, 3.8) is 0 Å². The number of carbonyl (C=O) groups is 2. The molecule has 0 bridgehead atoms. The van der Waals surface area contributed by atoms with Crippen molar-refractivity contribution in [1.29, 1.82) is 5.26 Å². The molecule has 0 saturated carbocycles. The Morgan fingerprint density at radius 3 is 2.17 bits per heavy atom. The molecule has 0 aromatic heterocycles. The van der Waals surface area contributed by atoms with Crippen LogP contribution in [0.5, 0.6) is 0 Å². The van der Waals surface area contributed by atoms with Crippen LogP contribution < -0.4 is 0 Å². The SMILES string of the molecule is CC(C)CC(=O)N1CCCN(C(=O)CC#N)CC1. The Morgan fingerprint density at radius 2 is 1.67 bits per heavy atom. The summed E-state index contributed by atoms with van der Waals surface area (Å²) in [7, 11) is 0. The summed E-state index contributed by atoms with van der Waals surface area (Å²) in [5.74, 6) is 0.396. The highest BCUT2D eigenvalue weighted by Crippen LogP contribution is 2.09. The van der Waals surface area contributed by atoms with Crippen LogP contribution in [0.3, 0.4) is 0 Å². The maximum absolute atomic E-state index is 11.9. The summed E-state index contributed by atoms with van der Waals surface area (Å²) in [5, 5.41) is 8.51. The van der Waals surface area contributed by atoms with Crippen molar-refractivity contribution in [2.75, 3.05) is 26.2 Å². The fraction of sp³-hybridized carbons (Fsp3) is 0.769. The smallest absolute Gasteiger partial charge is 0.236 e. The second-order valence-corrected chi connectivity index (χ2v) is 5.05. The van der Waals surface area contributed by atoms with E-state index >= 15 is 0 Å². The third-order valence-electron chi connectivity index (χ3n) is 3.01. The molecule has 18 heavy (non-hydrogen) atoms. The Hall–Kier alpha value is -1.57. The summed E-state index contributed by atoms with van der Waals surface area (Å²) >= 11 is 0. The number of rotatable bonds is 3. The molecular weight excluding hydrogens is 230 g/mol. The van der Waals surface area contributed by atoms with Gasteiger partial charge in [-0.2, -0.15) is 5.26 Å². The van der Waals surface area contributed by atoms with Gasteiger partial charge in [-0.3, -0.25) is 9.59 Å². The minimum absolute atomic E-state index is 0.0695. The van der Waals surface area contributed by atoms with Crippen molar-refractivity contribution < 1.29 is 9.59 Å². The molecule has 0 aliphatic carbocycles. The zero-order chi connectivity index (χ0) is 13.5. The van der Waals surface area contributed by atoms with E-state index < -0.39 is 0 Å². The van der Waals surface area contributed by atoms with Crippen LogP contribution in [0.25, 0.3) is 0 Å². The van der Waals surface area contributed by atoms with Gasteiger partial charge in [0.2, 0.25) is 11.8 Å². The average molecular weight is 251 g/mol. The minimum atomic E-state index is -0.129. The first-order valence-corrected chi connectivity index (χ1v) is 6.47. The summed E-state index contributed by atoms with van der Waals surface area (Å²) in [6, 6.07) is 1.87. The summed E-state index contributed by atoms with van der Waals surface area (Å²) in [6.07, 6.45) is 1.28. The normalized spacial score (nSPS) is 16.3. The van der Waals surface area contributed by atoms with Gasteiger partial charge < -0.3 is 9.80 Å². The van der Waals surface area contributed by atoms with Gasteiger partial charge in [0.15, 0.2) is 0 Å². The molecule has 100 valence electrons. The molecule has 0 N–H and O–H groups in total. The van der Waals surface area contributed by atoms with E-state index in [4.69, 9.17) is 5.26 Å². The van der Waals surface area contributed by atoms with Crippen molar-refractivity contribution in [3.05, 3.63) is 0 Å². The van der Waals surface area contributed by atoms with Crippen LogP contribution >= 0.6 is 0 Å². The lowest BCUT2D eigenvalue weighted by Crippen LogP contribution is -2.37. The van der Waals surface area contributed by atoms with E-state index in [-0.39, 0.29) is 18.2 Å². The van der Waals surface area contributed by atoms with E-state index in [9.17, 15) is 9.59 Å². The van der Waals surface area contributed by atoms with Gasteiger partial charge in [0.1, 0.15) is 6.42 Å². The van der Waals surface area contributed by atoms with Crippen molar-refractivity contribution >= 4 is 11.8 Å². The van der Waals surface area contributed by atoms with Crippen LogP contribution in [0.2, 0.25) is 0 Å². The fourth-order valence-electron chi connectivity index (χ4n) is 2.07. The molecule has 2 amide bonds. The molecule has 0 radical (unpaired) electrons. The van der Waals surface area contributed by atoms with Gasteiger partial charge in [-0.25, -0.2) is 0 Å². The van der Waals surface area contributed by atoms with Gasteiger partial charge in [0.05, 0.1) is 6.07 Å². The second kappa shape index (κ2) is 7.00. The van der Waals surface area contributed by atoms with Crippen molar-refractivity contribution in [3.8, 4) is 6.07 Å². The third-order valence-corrected chi connectivity index (χ3v) is 3.01. The summed E-state index contributed by atoms with van der Waals surface area (Å²) in [4.78, 5) is 27.1. The minimum Gasteiger partial charge on any atom is -0.341 e. The molecule has 0 spiro atoms. The van der Waals surface area contributed by atoms with Crippen LogP contribution in [0, 0.1) is 17.2 Å². The predicted molar refractivity (Wildman–Crippen MR) is 67.5 cm³/mol. The van der Waals surface area contributed by atoms with Crippen molar-refractivity contribution in [1.82, 2.24) is 9.80 Å². The summed E-state index contributed by atoms with van der Waals surface area (Å²) in [5.41, 5.74) is 0. The average Bonchev–Trinajstić information content (AvgIpc) is 2.53. The molecule has 1 heterocycles. The van der Waals surface area contributed by atoms with Crippen LogP contribution in [0.15, 0.2) is 0 Å². The highest BCUT2D eigenvalue weighted by molar-refractivity contribution is 5.79. The number of hydrogen-bond donors (Lipinski definition) is 0. The first-order valence-electron chi connectivity index (χ1n) is 6.47. The Kier molecular flexibility index (Phi) is 5.63. The lowest BCUT2D eigenvalue weighted by molar-refractivity contribution is -0.133. The second-order valence-electron chi connectivity index (χ2n) is 5.05. The molecule has 1 aliphatic rings. The van der Waals surface area contributed by atoms with Crippen LogP contribution in [-0.2, 0) is 9.59 Å². The monoisotopic (exact) mass is 251 g/mol. The largest absolute Gasteiger partial charge is 0.341 e. The fourth-order valence-corrected chi connectivity index (χ4v) is 2.07. The van der Waals surface area contributed by atoms with Gasteiger partial charge >= 0.3 is 0 Å². The molecule has 0 aromatic rings. The molecule has 0 aromatic carbocycles. The Morgan fingerprint density at radius 1 is 1.11 bits per heavy atom. The van der Waals surface area contributed by atoms with Gasteiger partial charge in [-0.05, 0) is 12.3 Å². The quantitative estimate of drug-likeness (QED) is 0.752. The van der Waals surface area contributed by atoms with Gasteiger partial charge in [0, 0.05) is 32.6 Å². The number of carbonyl (C=O) groups excluding carboxylic acids is 2. The van der Waals surface area contributed by atoms with E-state index in [0.717, 1.165) is 6.42 Å². The Labute approximate surface area is 108 Å². The Balaban J connectivity index is 2.48.